The van der Waals surface area contributed by atoms with Gasteiger partial charge in [-0.3, -0.25) is 9.80 Å². The Balaban J connectivity index is 1.31. The number of likely N-dealkylation sites (N-methyl/N-ethyl adjacent to an activating group) is 1. The van der Waals surface area contributed by atoms with E-state index in [4.69, 9.17) is 4.52 Å². The van der Waals surface area contributed by atoms with Gasteiger partial charge in [0.05, 0.1) is 17.2 Å². The van der Waals surface area contributed by atoms with Crippen LogP contribution in [-0.2, 0) is 13.1 Å². The van der Waals surface area contributed by atoms with Crippen molar-refractivity contribution < 1.29 is 4.52 Å². The van der Waals surface area contributed by atoms with Crippen molar-refractivity contribution in [1.29, 1.82) is 0 Å². The van der Waals surface area contributed by atoms with E-state index in [2.05, 4.69) is 45.8 Å². The number of thiazole rings is 1. The third kappa shape index (κ3) is 3.53. The lowest BCUT2D eigenvalue weighted by Crippen LogP contribution is -2.34. The van der Waals surface area contributed by atoms with E-state index in [1.165, 1.54) is 34.8 Å². The molecule has 0 amide bonds. The van der Waals surface area contributed by atoms with E-state index in [0.29, 0.717) is 12.0 Å². The first-order valence-electron chi connectivity index (χ1n) is 8.76. The average Bonchev–Trinajstić information content (AvgIpc) is 2.96. The molecule has 2 fully saturated rings. The molecule has 3 heterocycles. The summed E-state index contributed by atoms with van der Waals surface area (Å²) in [7, 11) is 2.17. The Morgan fingerprint density at radius 1 is 1.25 bits per heavy atom. The molecule has 1 atom stereocenters. The first kappa shape index (κ1) is 16.2. The van der Waals surface area contributed by atoms with Crippen LogP contribution in [0, 0.1) is 13.8 Å². The van der Waals surface area contributed by atoms with E-state index in [1.54, 1.807) is 0 Å². The summed E-state index contributed by atoms with van der Waals surface area (Å²) in [6, 6.07) is 0.558. The second-order valence-electron chi connectivity index (χ2n) is 7.16. The lowest BCUT2D eigenvalue weighted by atomic mass is 10.2. The molecule has 130 valence electrons. The topological polar surface area (TPSA) is 58.3 Å². The maximum Gasteiger partial charge on any atom is 0.229 e. The molecule has 0 radical (unpaired) electrons. The fourth-order valence-corrected chi connectivity index (χ4v) is 4.40. The first-order chi connectivity index (χ1) is 11.6. The van der Waals surface area contributed by atoms with Gasteiger partial charge in [-0.2, -0.15) is 4.98 Å². The Morgan fingerprint density at radius 2 is 2.08 bits per heavy atom. The zero-order valence-corrected chi connectivity index (χ0v) is 15.5. The van der Waals surface area contributed by atoms with Gasteiger partial charge in [0.25, 0.3) is 0 Å². The van der Waals surface area contributed by atoms with Crippen molar-refractivity contribution in [2.75, 3.05) is 20.1 Å². The van der Waals surface area contributed by atoms with E-state index >= 15 is 0 Å². The largest absolute Gasteiger partial charge is 0.339 e. The smallest absolute Gasteiger partial charge is 0.229 e. The van der Waals surface area contributed by atoms with Crippen LogP contribution in [0.3, 0.4) is 0 Å². The SMILES string of the molecule is Cc1nc(C)c(CN2CC[C@@H](N(C)Cc3noc(C4CC4)n3)C2)s1. The number of hydrogen-bond acceptors (Lipinski definition) is 7. The molecule has 6 nitrogen and oxygen atoms in total. The Kier molecular flexibility index (Phi) is 4.40. The monoisotopic (exact) mass is 347 g/mol. The highest BCUT2D eigenvalue weighted by molar-refractivity contribution is 7.11. The summed E-state index contributed by atoms with van der Waals surface area (Å²) in [5.41, 5.74) is 1.19. The van der Waals surface area contributed by atoms with Crippen molar-refractivity contribution in [3.63, 3.8) is 0 Å². The lowest BCUT2D eigenvalue weighted by molar-refractivity contribution is 0.216. The molecule has 1 saturated heterocycles. The number of rotatable bonds is 6. The lowest BCUT2D eigenvalue weighted by Gasteiger charge is -2.23. The Labute approximate surface area is 146 Å². The van der Waals surface area contributed by atoms with Crippen LogP contribution in [0.15, 0.2) is 4.52 Å². The van der Waals surface area contributed by atoms with Gasteiger partial charge in [-0.05, 0) is 40.2 Å². The number of aryl methyl sites for hydroxylation is 2. The third-order valence-electron chi connectivity index (χ3n) is 5.04. The van der Waals surface area contributed by atoms with Crippen molar-refractivity contribution in [3.8, 4) is 0 Å². The average molecular weight is 347 g/mol. The van der Waals surface area contributed by atoms with Crippen LogP contribution in [0.5, 0.6) is 0 Å². The van der Waals surface area contributed by atoms with Crippen LogP contribution in [-0.4, -0.2) is 51.1 Å². The van der Waals surface area contributed by atoms with Gasteiger partial charge in [0.1, 0.15) is 0 Å². The molecule has 4 rings (SSSR count). The quantitative estimate of drug-likeness (QED) is 0.801. The Morgan fingerprint density at radius 3 is 2.79 bits per heavy atom. The minimum atomic E-state index is 0.532. The van der Waals surface area contributed by atoms with E-state index in [9.17, 15) is 0 Å². The van der Waals surface area contributed by atoms with Gasteiger partial charge in [-0.25, -0.2) is 4.98 Å². The molecule has 2 aromatic heterocycles. The molecule has 24 heavy (non-hydrogen) atoms. The molecule has 0 bridgehead atoms. The summed E-state index contributed by atoms with van der Waals surface area (Å²) in [4.78, 5) is 15.4. The maximum atomic E-state index is 5.36. The van der Waals surface area contributed by atoms with Gasteiger partial charge in [-0.1, -0.05) is 5.16 Å². The van der Waals surface area contributed by atoms with Gasteiger partial charge >= 0.3 is 0 Å². The van der Waals surface area contributed by atoms with Crippen LogP contribution < -0.4 is 0 Å². The number of likely N-dealkylation sites (tertiary alicyclic amines) is 1. The number of aromatic nitrogens is 3. The predicted molar refractivity (Wildman–Crippen MR) is 93.0 cm³/mol. The molecule has 1 saturated carbocycles. The van der Waals surface area contributed by atoms with Crippen molar-refractivity contribution in [3.05, 3.63) is 27.3 Å². The summed E-state index contributed by atoms with van der Waals surface area (Å²) >= 11 is 1.83. The highest BCUT2D eigenvalue weighted by Gasteiger charge is 2.31. The van der Waals surface area contributed by atoms with Crippen molar-refractivity contribution >= 4 is 11.3 Å². The molecule has 0 unspecified atom stereocenters. The summed E-state index contributed by atoms with van der Waals surface area (Å²) in [5, 5.41) is 5.31. The fourth-order valence-electron chi connectivity index (χ4n) is 3.42. The summed E-state index contributed by atoms with van der Waals surface area (Å²) in [6.45, 7) is 8.24. The molecule has 7 heteroatoms. The molecule has 0 spiro atoms. The minimum Gasteiger partial charge on any atom is -0.339 e. The molecule has 2 aliphatic rings. The van der Waals surface area contributed by atoms with Crippen molar-refractivity contribution in [2.45, 2.75) is 58.2 Å². The second kappa shape index (κ2) is 6.54. The van der Waals surface area contributed by atoms with Crippen LogP contribution in [0.1, 0.15) is 52.5 Å². The number of hydrogen-bond donors (Lipinski definition) is 0. The molecule has 2 aromatic rings. The van der Waals surface area contributed by atoms with E-state index in [1.807, 2.05) is 11.3 Å². The fraction of sp³-hybridized carbons (Fsp3) is 0.706. The van der Waals surface area contributed by atoms with Gasteiger partial charge in [0.15, 0.2) is 5.82 Å². The summed E-state index contributed by atoms with van der Waals surface area (Å²) < 4.78 is 5.36. The number of nitrogens with zero attached hydrogens (tertiary/aromatic N) is 5. The Bertz CT molecular complexity index is 708. The highest BCUT2D eigenvalue weighted by atomic mass is 32.1. The molecular weight excluding hydrogens is 322 g/mol. The molecule has 0 aromatic carbocycles. The normalized spacial score (nSPS) is 21.9. The minimum absolute atomic E-state index is 0.532. The van der Waals surface area contributed by atoms with E-state index in [-0.39, 0.29) is 0 Å². The van der Waals surface area contributed by atoms with E-state index in [0.717, 1.165) is 37.9 Å². The summed E-state index contributed by atoms with van der Waals surface area (Å²) in [5.74, 6) is 2.19. The van der Waals surface area contributed by atoms with Crippen LogP contribution in [0.4, 0.5) is 0 Å². The maximum absolute atomic E-state index is 5.36. The molecular formula is C17H25N5OS. The third-order valence-corrected chi connectivity index (χ3v) is 6.10. The van der Waals surface area contributed by atoms with Crippen LogP contribution in [0.25, 0.3) is 0 Å². The molecule has 1 aliphatic heterocycles. The standard InChI is InChI=1S/C17H25N5OS/c1-11-15(24-12(2)18-11)9-22-7-6-14(8-22)21(3)10-16-19-17(23-20-16)13-4-5-13/h13-14H,4-10H2,1-3H3/t14-/m1/s1. The van der Waals surface area contributed by atoms with Gasteiger partial charge in [0.2, 0.25) is 5.89 Å². The van der Waals surface area contributed by atoms with Crippen LogP contribution in [0.2, 0.25) is 0 Å². The van der Waals surface area contributed by atoms with Crippen LogP contribution >= 0.6 is 11.3 Å². The molecule has 0 N–H and O–H groups in total. The van der Waals surface area contributed by atoms with Crippen molar-refractivity contribution in [1.82, 2.24) is 24.9 Å². The van der Waals surface area contributed by atoms with E-state index < -0.39 is 0 Å². The zero-order chi connectivity index (χ0) is 16.7. The summed E-state index contributed by atoms with van der Waals surface area (Å²) in [6.07, 6.45) is 3.59. The molecule has 1 aliphatic carbocycles. The van der Waals surface area contributed by atoms with Gasteiger partial charge in [0, 0.05) is 36.5 Å². The van der Waals surface area contributed by atoms with Gasteiger partial charge in [-0.15, -0.1) is 11.3 Å². The highest BCUT2D eigenvalue weighted by Crippen LogP contribution is 2.38. The van der Waals surface area contributed by atoms with Crippen molar-refractivity contribution in [2.24, 2.45) is 0 Å². The predicted octanol–water partition coefficient (Wildman–Crippen LogP) is 2.73. The second-order valence-corrected chi connectivity index (χ2v) is 8.45. The first-order valence-corrected chi connectivity index (χ1v) is 9.58. The Hall–Kier alpha value is -1.31. The van der Waals surface area contributed by atoms with Gasteiger partial charge < -0.3 is 4.52 Å². The zero-order valence-electron chi connectivity index (χ0n) is 14.7.